The van der Waals surface area contributed by atoms with E-state index in [4.69, 9.17) is 9.47 Å². The Hall–Kier alpha value is -1.40. The van der Waals surface area contributed by atoms with Crippen LogP contribution in [0.1, 0.15) is 12.1 Å². The normalized spacial score (nSPS) is 27.2. The molecule has 6 nitrogen and oxygen atoms in total. The summed E-state index contributed by atoms with van der Waals surface area (Å²) in [5, 5.41) is 0. The summed E-state index contributed by atoms with van der Waals surface area (Å²) in [7, 11) is 3.79. The summed E-state index contributed by atoms with van der Waals surface area (Å²) in [4.78, 5) is 13.7. The second-order valence-corrected chi connectivity index (χ2v) is 5.57. The molecule has 2 saturated heterocycles. The number of piperidine rings is 1. The molecule has 0 N–H and O–H groups in total. The van der Waals surface area contributed by atoms with Crippen molar-refractivity contribution in [3.8, 4) is 5.88 Å². The van der Waals surface area contributed by atoms with E-state index in [9.17, 15) is 0 Å². The Morgan fingerprint density at radius 2 is 2.20 bits per heavy atom. The second-order valence-electron chi connectivity index (χ2n) is 5.57. The number of likely N-dealkylation sites (tertiary alicyclic amines) is 1. The molecule has 2 aliphatic rings. The van der Waals surface area contributed by atoms with Crippen LogP contribution in [-0.4, -0.2) is 67.4 Å². The Labute approximate surface area is 119 Å². The molecule has 6 heteroatoms. The zero-order chi connectivity index (χ0) is 14.1. The summed E-state index contributed by atoms with van der Waals surface area (Å²) in [5.41, 5.74) is 0.930. The number of methoxy groups -OCH3 is 1. The first-order chi connectivity index (χ1) is 9.67. The number of ether oxygens (including phenoxy) is 2. The smallest absolute Gasteiger partial charge is 0.229 e. The molecule has 1 aromatic heterocycles. The zero-order valence-corrected chi connectivity index (χ0v) is 12.4. The van der Waals surface area contributed by atoms with Gasteiger partial charge in [-0.1, -0.05) is 0 Å². The molecule has 2 aliphatic heterocycles. The molecule has 0 spiro atoms. The summed E-state index contributed by atoms with van der Waals surface area (Å²) in [6.45, 7) is 5.63. The van der Waals surface area contributed by atoms with Gasteiger partial charge in [-0.05, 0) is 20.4 Å². The van der Waals surface area contributed by atoms with Crippen molar-refractivity contribution < 1.29 is 9.47 Å². The van der Waals surface area contributed by atoms with E-state index in [1.807, 2.05) is 13.0 Å². The number of aromatic nitrogens is 2. The van der Waals surface area contributed by atoms with E-state index in [1.54, 1.807) is 7.11 Å². The molecule has 0 bridgehead atoms. The van der Waals surface area contributed by atoms with Gasteiger partial charge in [-0.25, -0.2) is 4.98 Å². The molecule has 2 unspecified atom stereocenters. The Kier molecular flexibility index (Phi) is 3.76. The van der Waals surface area contributed by atoms with Gasteiger partial charge in [0.2, 0.25) is 11.8 Å². The van der Waals surface area contributed by atoms with Gasteiger partial charge in [0.1, 0.15) is 0 Å². The maximum Gasteiger partial charge on any atom is 0.229 e. The first-order valence-electron chi connectivity index (χ1n) is 7.14. The number of fused-ring (bicyclic) bond motifs is 1. The summed E-state index contributed by atoms with van der Waals surface area (Å²) in [6.07, 6.45) is 1.36. The van der Waals surface area contributed by atoms with E-state index < -0.39 is 0 Å². The van der Waals surface area contributed by atoms with Crippen molar-refractivity contribution in [2.75, 3.05) is 45.3 Å². The molecule has 0 saturated carbocycles. The molecule has 0 aliphatic carbocycles. The van der Waals surface area contributed by atoms with Crippen molar-refractivity contribution in [1.29, 1.82) is 0 Å². The Morgan fingerprint density at radius 3 is 3.00 bits per heavy atom. The van der Waals surface area contributed by atoms with Gasteiger partial charge in [0, 0.05) is 31.4 Å². The fraction of sp³-hybridized carbons (Fsp3) is 0.714. The quantitative estimate of drug-likeness (QED) is 0.794. The number of likely N-dealkylation sites (N-methyl/N-ethyl adjacent to an activating group) is 1. The molecule has 0 amide bonds. The molecule has 20 heavy (non-hydrogen) atoms. The largest absolute Gasteiger partial charge is 0.481 e. The van der Waals surface area contributed by atoms with E-state index in [2.05, 4.69) is 26.8 Å². The molecule has 2 atom stereocenters. The molecule has 1 aromatic rings. The maximum atomic E-state index is 5.91. The Balaban J connectivity index is 1.89. The number of hydrogen-bond donors (Lipinski definition) is 0. The van der Waals surface area contributed by atoms with Gasteiger partial charge in [-0.15, -0.1) is 0 Å². The number of hydrogen-bond acceptors (Lipinski definition) is 6. The van der Waals surface area contributed by atoms with Gasteiger partial charge in [-0.2, -0.15) is 4.98 Å². The van der Waals surface area contributed by atoms with Crippen LogP contribution in [0.5, 0.6) is 5.88 Å². The van der Waals surface area contributed by atoms with Gasteiger partial charge in [0.15, 0.2) is 0 Å². The third-order valence-corrected chi connectivity index (χ3v) is 4.07. The van der Waals surface area contributed by atoms with Crippen LogP contribution in [0.25, 0.3) is 0 Å². The first-order valence-corrected chi connectivity index (χ1v) is 7.14. The topological polar surface area (TPSA) is 50.7 Å². The average molecular weight is 278 g/mol. The highest BCUT2D eigenvalue weighted by atomic mass is 16.5. The maximum absolute atomic E-state index is 5.91. The van der Waals surface area contributed by atoms with E-state index in [-0.39, 0.29) is 6.10 Å². The predicted molar refractivity (Wildman–Crippen MR) is 76.3 cm³/mol. The lowest BCUT2D eigenvalue weighted by Gasteiger charge is -2.46. The van der Waals surface area contributed by atoms with Crippen LogP contribution >= 0.6 is 0 Å². The van der Waals surface area contributed by atoms with Crippen LogP contribution in [0.2, 0.25) is 0 Å². The molecular formula is C14H22N4O2. The van der Waals surface area contributed by atoms with Crippen LogP contribution in [-0.2, 0) is 4.74 Å². The molecule has 110 valence electrons. The molecule has 0 radical (unpaired) electrons. The van der Waals surface area contributed by atoms with Crippen molar-refractivity contribution in [1.82, 2.24) is 14.9 Å². The third-order valence-electron chi connectivity index (χ3n) is 4.07. The average Bonchev–Trinajstić information content (AvgIpc) is 2.45. The van der Waals surface area contributed by atoms with Gasteiger partial charge in [0.25, 0.3) is 0 Å². The van der Waals surface area contributed by atoms with Crippen molar-refractivity contribution >= 4 is 5.95 Å². The highest BCUT2D eigenvalue weighted by Crippen LogP contribution is 2.26. The van der Waals surface area contributed by atoms with Crippen molar-refractivity contribution in [2.24, 2.45) is 0 Å². The minimum Gasteiger partial charge on any atom is -0.481 e. The van der Waals surface area contributed by atoms with Gasteiger partial charge >= 0.3 is 0 Å². The fourth-order valence-corrected chi connectivity index (χ4v) is 3.04. The second kappa shape index (κ2) is 5.54. The monoisotopic (exact) mass is 278 g/mol. The van der Waals surface area contributed by atoms with Crippen LogP contribution in [0, 0.1) is 6.92 Å². The first kappa shape index (κ1) is 13.6. The summed E-state index contributed by atoms with van der Waals surface area (Å²) >= 11 is 0. The Bertz CT molecular complexity index is 482. The predicted octanol–water partition coefficient (Wildman–Crippen LogP) is 0.703. The van der Waals surface area contributed by atoms with Crippen LogP contribution in [0.3, 0.4) is 0 Å². The minimum absolute atomic E-state index is 0.287. The SMILES string of the molecule is COc1cc(C)nc(N2CCOC3CCN(C)CC32)n1. The zero-order valence-electron chi connectivity index (χ0n) is 12.4. The summed E-state index contributed by atoms with van der Waals surface area (Å²) < 4.78 is 11.2. The number of nitrogens with zero attached hydrogens (tertiary/aromatic N) is 4. The minimum atomic E-state index is 0.287. The third kappa shape index (κ3) is 2.58. The summed E-state index contributed by atoms with van der Waals surface area (Å²) in [5.74, 6) is 1.38. The van der Waals surface area contributed by atoms with E-state index in [1.165, 1.54) is 0 Å². The molecule has 2 fully saturated rings. The van der Waals surface area contributed by atoms with Crippen LogP contribution < -0.4 is 9.64 Å². The number of anilines is 1. The van der Waals surface area contributed by atoms with E-state index >= 15 is 0 Å². The van der Waals surface area contributed by atoms with Gasteiger partial charge in [-0.3, -0.25) is 0 Å². The van der Waals surface area contributed by atoms with Crippen LogP contribution in [0.4, 0.5) is 5.95 Å². The van der Waals surface area contributed by atoms with E-state index in [0.29, 0.717) is 11.9 Å². The summed E-state index contributed by atoms with van der Waals surface area (Å²) in [6, 6.07) is 2.18. The fourth-order valence-electron chi connectivity index (χ4n) is 3.04. The molecule has 3 rings (SSSR count). The van der Waals surface area contributed by atoms with Crippen LogP contribution in [0.15, 0.2) is 6.07 Å². The molecular weight excluding hydrogens is 256 g/mol. The standard InChI is InChI=1S/C14H22N4O2/c1-10-8-13(19-3)16-14(15-10)18-6-7-20-12-4-5-17(2)9-11(12)18/h8,11-12H,4-7,9H2,1-3H3. The van der Waals surface area contributed by atoms with Crippen molar-refractivity contribution in [3.63, 3.8) is 0 Å². The highest BCUT2D eigenvalue weighted by molar-refractivity contribution is 5.37. The lowest BCUT2D eigenvalue weighted by molar-refractivity contribution is -0.0249. The molecule has 3 heterocycles. The number of aryl methyl sites for hydroxylation is 1. The lowest BCUT2D eigenvalue weighted by atomic mass is 9.99. The van der Waals surface area contributed by atoms with E-state index in [0.717, 1.165) is 44.3 Å². The number of morpholine rings is 1. The lowest BCUT2D eigenvalue weighted by Crippen LogP contribution is -2.60. The number of rotatable bonds is 2. The molecule has 0 aromatic carbocycles. The Morgan fingerprint density at radius 1 is 1.35 bits per heavy atom. The van der Waals surface area contributed by atoms with Crippen molar-refractivity contribution in [3.05, 3.63) is 11.8 Å². The van der Waals surface area contributed by atoms with Crippen molar-refractivity contribution in [2.45, 2.75) is 25.5 Å². The van der Waals surface area contributed by atoms with Gasteiger partial charge in [0.05, 0.1) is 25.9 Å². The van der Waals surface area contributed by atoms with Gasteiger partial charge < -0.3 is 19.3 Å². The highest BCUT2D eigenvalue weighted by Gasteiger charge is 2.37.